The van der Waals surface area contributed by atoms with Crippen molar-refractivity contribution in [1.29, 1.82) is 0 Å². The molecule has 0 radical (unpaired) electrons. The number of amides is 2. The molecule has 0 unspecified atom stereocenters. The molecule has 0 fully saturated rings. The van der Waals surface area contributed by atoms with Gasteiger partial charge in [0.25, 0.3) is 10.0 Å². The number of hydrogen-bond acceptors (Lipinski definition) is 5. The van der Waals surface area contributed by atoms with Crippen LogP contribution in [0.15, 0.2) is 83.8 Å². The summed E-state index contributed by atoms with van der Waals surface area (Å²) in [5.41, 5.74) is 0.356. The number of halogens is 1. The normalized spacial score (nSPS) is 12.3. The number of ether oxygens (including phenoxy) is 1. The molecule has 0 saturated carbocycles. The van der Waals surface area contributed by atoms with Gasteiger partial charge in [0, 0.05) is 12.1 Å². The summed E-state index contributed by atoms with van der Waals surface area (Å²) < 4.78 is 48.0. The molecular formula is C31H38FN3O5S. The lowest BCUT2D eigenvalue weighted by Gasteiger charge is -2.34. The minimum atomic E-state index is -4.27. The predicted octanol–water partition coefficient (Wildman–Crippen LogP) is 5.14. The molecule has 0 aliphatic heterocycles. The largest absolute Gasteiger partial charge is 0.494 e. The van der Waals surface area contributed by atoms with E-state index >= 15 is 0 Å². The van der Waals surface area contributed by atoms with E-state index in [1.807, 2.05) is 58.0 Å². The highest BCUT2D eigenvalue weighted by Gasteiger charge is 2.34. The molecule has 8 nitrogen and oxygen atoms in total. The molecule has 0 heterocycles. The Labute approximate surface area is 242 Å². The fourth-order valence-corrected chi connectivity index (χ4v) is 5.70. The summed E-state index contributed by atoms with van der Waals surface area (Å²) in [5, 5.41) is 2.94. The second-order valence-corrected chi connectivity index (χ2v) is 12.4. The van der Waals surface area contributed by atoms with Gasteiger partial charge in [-0.05, 0) is 88.2 Å². The number of nitrogens with zero attached hydrogens (tertiary/aromatic N) is 2. The maximum absolute atomic E-state index is 14.0. The van der Waals surface area contributed by atoms with Gasteiger partial charge < -0.3 is 15.0 Å². The third-order valence-corrected chi connectivity index (χ3v) is 7.98. The topological polar surface area (TPSA) is 96.0 Å². The van der Waals surface area contributed by atoms with Gasteiger partial charge in [-0.2, -0.15) is 0 Å². The summed E-state index contributed by atoms with van der Waals surface area (Å²) in [5.74, 6) is -0.967. The van der Waals surface area contributed by atoms with E-state index in [2.05, 4.69) is 5.32 Å². The molecule has 3 aromatic rings. The van der Waals surface area contributed by atoms with Crippen LogP contribution < -0.4 is 14.4 Å². The first-order chi connectivity index (χ1) is 19.4. The van der Waals surface area contributed by atoms with Crippen molar-refractivity contribution < 1.29 is 27.1 Å². The Balaban J connectivity index is 2.04. The zero-order valence-electron chi connectivity index (χ0n) is 24.1. The number of carbonyl (C=O) groups excluding carboxylic acids is 2. The van der Waals surface area contributed by atoms with Gasteiger partial charge in [0.1, 0.15) is 24.2 Å². The van der Waals surface area contributed by atoms with Crippen LogP contribution in [-0.4, -0.2) is 49.9 Å². The average Bonchev–Trinajstić information content (AvgIpc) is 2.92. The molecule has 1 N–H and O–H groups in total. The van der Waals surface area contributed by atoms with Crippen LogP contribution >= 0.6 is 0 Å². The molecule has 0 aliphatic rings. The van der Waals surface area contributed by atoms with Crippen LogP contribution in [0.2, 0.25) is 0 Å². The molecule has 220 valence electrons. The van der Waals surface area contributed by atoms with E-state index in [-0.39, 0.29) is 23.0 Å². The van der Waals surface area contributed by atoms with E-state index in [0.29, 0.717) is 18.8 Å². The Kier molecular flexibility index (Phi) is 10.5. The Morgan fingerprint density at radius 3 is 2.07 bits per heavy atom. The van der Waals surface area contributed by atoms with Crippen LogP contribution in [0.4, 0.5) is 10.1 Å². The molecule has 3 rings (SSSR count). The predicted molar refractivity (Wildman–Crippen MR) is 158 cm³/mol. The van der Waals surface area contributed by atoms with Gasteiger partial charge in [-0.1, -0.05) is 37.3 Å². The number of hydrogen-bond donors (Lipinski definition) is 1. The number of sulfonamides is 1. The minimum absolute atomic E-state index is 0.0646. The van der Waals surface area contributed by atoms with Crippen molar-refractivity contribution in [2.75, 3.05) is 17.5 Å². The van der Waals surface area contributed by atoms with Crippen LogP contribution in [0.5, 0.6) is 5.75 Å². The van der Waals surface area contributed by atoms with E-state index in [1.54, 1.807) is 6.92 Å². The van der Waals surface area contributed by atoms with Gasteiger partial charge in [-0.15, -0.1) is 0 Å². The Morgan fingerprint density at radius 2 is 1.54 bits per heavy atom. The highest BCUT2D eigenvalue weighted by atomic mass is 32.2. The van der Waals surface area contributed by atoms with Crippen molar-refractivity contribution in [3.8, 4) is 5.75 Å². The van der Waals surface area contributed by atoms with E-state index in [1.165, 1.54) is 41.3 Å². The monoisotopic (exact) mass is 583 g/mol. The van der Waals surface area contributed by atoms with Gasteiger partial charge in [0.05, 0.1) is 17.2 Å². The van der Waals surface area contributed by atoms with Crippen molar-refractivity contribution in [2.24, 2.45) is 0 Å². The minimum Gasteiger partial charge on any atom is -0.494 e. The highest BCUT2D eigenvalue weighted by Crippen LogP contribution is 2.26. The van der Waals surface area contributed by atoms with Crippen molar-refractivity contribution >= 4 is 27.5 Å². The SMILES string of the molecule is CCOc1ccc(S(=O)(=O)N(CC(=O)N(Cc2ccccc2)[C@H](CC)C(=O)NC(C)(C)C)c2ccc(F)cc2)cc1. The molecule has 2 amide bonds. The van der Waals surface area contributed by atoms with Crippen molar-refractivity contribution in [2.45, 2.75) is 64.1 Å². The summed E-state index contributed by atoms with van der Waals surface area (Å²) in [4.78, 5) is 28.7. The fourth-order valence-electron chi connectivity index (χ4n) is 4.29. The zero-order chi connectivity index (χ0) is 30.2. The second-order valence-electron chi connectivity index (χ2n) is 10.6. The van der Waals surface area contributed by atoms with E-state index in [4.69, 9.17) is 4.74 Å². The molecule has 0 aliphatic carbocycles. The molecule has 1 atom stereocenters. The third-order valence-electron chi connectivity index (χ3n) is 6.20. The molecule has 0 spiro atoms. The summed E-state index contributed by atoms with van der Waals surface area (Å²) in [7, 11) is -4.27. The summed E-state index contributed by atoms with van der Waals surface area (Å²) in [6.07, 6.45) is 0.308. The Morgan fingerprint density at radius 1 is 0.927 bits per heavy atom. The smallest absolute Gasteiger partial charge is 0.264 e. The summed E-state index contributed by atoms with van der Waals surface area (Å²) >= 11 is 0. The average molecular weight is 584 g/mol. The molecular weight excluding hydrogens is 545 g/mol. The zero-order valence-corrected chi connectivity index (χ0v) is 24.9. The summed E-state index contributed by atoms with van der Waals surface area (Å²) in [6.45, 7) is 9.07. The molecule has 0 saturated heterocycles. The van der Waals surface area contributed by atoms with Crippen molar-refractivity contribution in [1.82, 2.24) is 10.2 Å². The van der Waals surface area contributed by atoms with Crippen LogP contribution in [0, 0.1) is 5.82 Å². The van der Waals surface area contributed by atoms with Gasteiger partial charge in [-0.3, -0.25) is 13.9 Å². The van der Waals surface area contributed by atoms with Gasteiger partial charge in [-0.25, -0.2) is 12.8 Å². The second kappa shape index (κ2) is 13.6. The first-order valence-corrected chi connectivity index (χ1v) is 15.0. The maximum Gasteiger partial charge on any atom is 0.264 e. The quantitative estimate of drug-likeness (QED) is 0.319. The van der Waals surface area contributed by atoms with Gasteiger partial charge >= 0.3 is 0 Å². The van der Waals surface area contributed by atoms with Crippen LogP contribution in [0.1, 0.15) is 46.6 Å². The standard InChI is InChI=1S/C31H38FN3O5S/c1-6-28(30(37)33-31(3,4)5)34(21-23-11-9-8-10-12-23)29(36)22-35(25-15-13-24(32)14-16-25)41(38,39)27-19-17-26(18-20-27)40-7-2/h8-20,28H,6-7,21-22H2,1-5H3,(H,33,37)/t28-/m1/s1. The number of rotatable bonds is 12. The molecule has 41 heavy (non-hydrogen) atoms. The Bertz CT molecular complexity index is 1410. The third kappa shape index (κ3) is 8.53. The molecule has 10 heteroatoms. The Hall–Kier alpha value is -3.92. The van der Waals surface area contributed by atoms with E-state index in [0.717, 1.165) is 22.0 Å². The molecule has 3 aromatic carbocycles. The lowest BCUT2D eigenvalue weighted by atomic mass is 10.1. The number of benzene rings is 3. The van der Waals surface area contributed by atoms with Crippen molar-refractivity contribution in [3.63, 3.8) is 0 Å². The van der Waals surface area contributed by atoms with Crippen LogP contribution in [0.25, 0.3) is 0 Å². The lowest BCUT2D eigenvalue weighted by Crippen LogP contribution is -2.55. The maximum atomic E-state index is 14.0. The van der Waals surface area contributed by atoms with E-state index in [9.17, 15) is 22.4 Å². The van der Waals surface area contributed by atoms with Gasteiger partial charge in [0.2, 0.25) is 11.8 Å². The number of anilines is 1. The summed E-state index contributed by atoms with van der Waals surface area (Å²) in [6, 6.07) is 19.1. The molecule has 0 aromatic heterocycles. The van der Waals surface area contributed by atoms with E-state index < -0.39 is 39.9 Å². The first-order valence-electron chi connectivity index (χ1n) is 13.5. The fraction of sp³-hybridized carbons (Fsp3) is 0.355. The van der Waals surface area contributed by atoms with Crippen LogP contribution in [0.3, 0.4) is 0 Å². The highest BCUT2D eigenvalue weighted by molar-refractivity contribution is 7.92. The molecule has 0 bridgehead atoms. The van der Waals surface area contributed by atoms with Crippen LogP contribution in [-0.2, 0) is 26.2 Å². The first kappa shape index (κ1) is 31.6. The van der Waals surface area contributed by atoms with Gasteiger partial charge in [0.15, 0.2) is 0 Å². The number of nitrogens with one attached hydrogen (secondary N) is 1. The van der Waals surface area contributed by atoms with Crippen molar-refractivity contribution in [3.05, 3.63) is 90.2 Å². The number of carbonyl (C=O) groups is 2. The lowest BCUT2D eigenvalue weighted by molar-refractivity contribution is -0.141.